The lowest BCUT2D eigenvalue weighted by molar-refractivity contribution is 0.0589. The lowest BCUT2D eigenvalue weighted by atomic mass is 10.2. The Hall–Kier alpha value is -1.56. The highest BCUT2D eigenvalue weighted by atomic mass is 79.9. The summed E-state index contributed by atoms with van der Waals surface area (Å²) < 4.78 is 8.16. The Morgan fingerprint density at radius 1 is 1.48 bits per heavy atom. The number of amides is 1. The number of hydrogen-bond donors (Lipinski definition) is 0. The van der Waals surface area contributed by atoms with Crippen LogP contribution in [0.1, 0.15) is 33.4 Å². The van der Waals surface area contributed by atoms with Gasteiger partial charge >= 0.3 is 6.09 Å². The fourth-order valence-electron chi connectivity index (χ4n) is 2.08. The lowest BCUT2D eigenvalue weighted by Gasteiger charge is -2.24. The zero-order chi connectivity index (χ0) is 15.8. The molecule has 5 nitrogen and oxygen atoms in total. The molecule has 0 bridgehead atoms. The Morgan fingerprint density at radius 2 is 2.14 bits per heavy atom. The molecule has 0 aliphatic carbocycles. The second-order valence-electron chi connectivity index (χ2n) is 5.86. The minimum absolute atomic E-state index is 0.382. The molecule has 0 aliphatic heterocycles. The van der Waals surface area contributed by atoms with Crippen LogP contribution in [0.4, 0.5) is 10.5 Å². The summed E-state index contributed by atoms with van der Waals surface area (Å²) >= 11 is 3.46. The minimum Gasteiger partial charge on any atom is -0.443 e. The molecular weight excluding hydrogens is 334 g/mol. The van der Waals surface area contributed by atoms with Gasteiger partial charge in [-0.15, -0.1) is 0 Å². The van der Waals surface area contributed by atoms with Gasteiger partial charge in [-0.05, 0) is 39.3 Å². The maximum Gasteiger partial charge on any atom is 0.414 e. The van der Waals surface area contributed by atoms with Crippen LogP contribution in [0.5, 0.6) is 0 Å². The summed E-state index contributed by atoms with van der Waals surface area (Å²) in [6.07, 6.45) is 2.22. The van der Waals surface area contributed by atoms with E-state index >= 15 is 0 Å². The van der Waals surface area contributed by atoms with E-state index in [0.717, 1.165) is 27.8 Å². The van der Waals surface area contributed by atoms with Crippen molar-refractivity contribution in [2.45, 2.75) is 39.7 Å². The van der Waals surface area contributed by atoms with Crippen molar-refractivity contribution >= 4 is 33.2 Å². The molecule has 2 aromatic rings. The average Bonchev–Trinajstić information content (AvgIpc) is 2.73. The fraction of sp³-hybridized carbons (Fsp3) is 0.467. The Labute approximate surface area is 133 Å². The van der Waals surface area contributed by atoms with Gasteiger partial charge in [0.15, 0.2) is 0 Å². The largest absolute Gasteiger partial charge is 0.443 e. The predicted molar refractivity (Wildman–Crippen MR) is 86.9 cm³/mol. The van der Waals surface area contributed by atoms with Crippen LogP contribution >= 0.6 is 15.9 Å². The zero-order valence-corrected chi connectivity index (χ0v) is 14.6. The minimum atomic E-state index is -0.527. The second-order valence-corrected chi connectivity index (χ2v) is 6.78. The number of anilines is 1. The van der Waals surface area contributed by atoms with Crippen molar-refractivity contribution in [3.63, 3.8) is 0 Å². The highest BCUT2D eigenvalue weighted by Gasteiger charge is 2.25. The summed E-state index contributed by atoms with van der Waals surface area (Å²) in [4.78, 5) is 13.8. The fourth-order valence-corrected chi connectivity index (χ4v) is 2.42. The van der Waals surface area contributed by atoms with E-state index in [1.54, 1.807) is 11.6 Å². The molecule has 2 heterocycles. The van der Waals surface area contributed by atoms with E-state index in [2.05, 4.69) is 21.0 Å². The van der Waals surface area contributed by atoms with Crippen LogP contribution in [0, 0.1) is 0 Å². The second kappa shape index (κ2) is 5.67. The quantitative estimate of drug-likeness (QED) is 0.818. The first kappa shape index (κ1) is 15.8. The third-order valence-electron chi connectivity index (χ3n) is 2.98. The summed E-state index contributed by atoms with van der Waals surface area (Å²) in [6.45, 7) is 7.58. The smallest absolute Gasteiger partial charge is 0.414 e. The van der Waals surface area contributed by atoms with Gasteiger partial charge in [0.2, 0.25) is 0 Å². The molecule has 2 aromatic heterocycles. The van der Waals surface area contributed by atoms with Crippen molar-refractivity contribution in [2.75, 3.05) is 11.9 Å². The number of carbonyl (C=O) groups is 1. The van der Waals surface area contributed by atoms with Gasteiger partial charge in [0, 0.05) is 17.7 Å². The summed E-state index contributed by atoms with van der Waals surface area (Å²) in [5.41, 5.74) is 1.99. The van der Waals surface area contributed by atoms with E-state index in [1.165, 1.54) is 4.90 Å². The van der Waals surface area contributed by atoms with Gasteiger partial charge in [-0.2, -0.15) is 5.10 Å². The van der Waals surface area contributed by atoms with Gasteiger partial charge in [0.25, 0.3) is 0 Å². The molecule has 0 N–H and O–H groups in total. The Kier molecular flexibility index (Phi) is 4.27. The maximum atomic E-state index is 12.3. The first-order valence-electron chi connectivity index (χ1n) is 6.86. The monoisotopic (exact) mass is 353 g/mol. The molecule has 0 aromatic carbocycles. The predicted octanol–water partition coefficient (Wildman–Crippen LogP) is 4.03. The summed E-state index contributed by atoms with van der Waals surface area (Å²) in [6, 6.07) is 3.86. The molecule has 0 atom stereocenters. The summed E-state index contributed by atoms with van der Waals surface area (Å²) in [5, 5.41) is 4.52. The van der Waals surface area contributed by atoms with Crippen LogP contribution in [0.3, 0.4) is 0 Å². The third-order valence-corrected chi connectivity index (χ3v) is 3.47. The van der Waals surface area contributed by atoms with Crippen LogP contribution in [0.25, 0.3) is 5.52 Å². The van der Waals surface area contributed by atoms with Crippen molar-refractivity contribution in [2.24, 2.45) is 0 Å². The van der Waals surface area contributed by atoms with E-state index in [4.69, 9.17) is 4.74 Å². The molecule has 0 fully saturated rings. The average molecular weight is 354 g/mol. The molecule has 0 saturated heterocycles. The Bertz CT molecular complexity index is 673. The molecule has 21 heavy (non-hydrogen) atoms. The molecule has 2 rings (SSSR count). The Balaban J connectivity index is 2.48. The molecule has 0 radical (unpaired) electrons. The highest BCUT2D eigenvalue weighted by molar-refractivity contribution is 9.10. The number of aromatic nitrogens is 2. The van der Waals surface area contributed by atoms with Gasteiger partial charge in [-0.3, -0.25) is 4.90 Å². The molecule has 0 aliphatic rings. The van der Waals surface area contributed by atoms with E-state index in [0.29, 0.717) is 0 Å². The third kappa shape index (κ3) is 3.37. The molecule has 0 saturated carbocycles. The van der Waals surface area contributed by atoms with E-state index in [9.17, 15) is 4.79 Å². The number of nitrogens with zero attached hydrogens (tertiary/aromatic N) is 3. The van der Waals surface area contributed by atoms with Gasteiger partial charge < -0.3 is 4.74 Å². The summed E-state index contributed by atoms with van der Waals surface area (Å²) in [5.74, 6) is 0. The number of hydrogen-bond acceptors (Lipinski definition) is 3. The Morgan fingerprint density at radius 3 is 2.71 bits per heavy atom. The van der Waals surface area contributed by atoms with Crippen LogP contribution in [0.2, 0.25) is 0 Å². The molecule has 0 spiro atoms. The van der Waals surface area contributed by atoms with Crippen LogP contribution < -0.4 is 4.90 Å². The molecular formula is C15H20BrN3O2. The molecule has 114 valence electrons. The van der Waals surface area contributed by atoms with Crippen LogP contribution in [-0.2, 0) is 11.2 Å². The zero-order valence-electron chi connectivity index (χ0n) is 13.0. The topological polar surface area (TPSA) is 46.8 Å². The van der Waals surface area contributed by atoms with Gasteiger partial charge in [-0.1, -0.05) is 22.9 Å². The molecule has 1 amide bonds. The van der Waals surface area contributed by atoms with Crippen molar-refractivity contribution in [1.29, 1.82) is 0 Å². The number of aryl methyl sites for hydroxylation is 1. The molecule has 0 unspecified atom stereocenters. The van der Waals surface area contributed by atoms with Gasteiger partial charge in [-0.25, -0.2) is 9.31 Å². The van der Waals surface area contributed by atoms with Crippen molar-refractivity contribution < 1.29 is 9.53 Å². The van der Waals surface area contributed by atoms with E-state index in [-0.39, 0.29) is 6.09 Å². The normalized spacial score (nSPS) is 11.7. The number of fused-ring (bicyclic) bond motifs is 1. The lowest BCUT2D eigenvalue weighted by Crippen LogP contribution is -2.34. The van der Waals surface area contributed by atoms with Crippen molar-refractivity contribution in [3.05, 3.63) is 28.5 Å². The van der Waals surface area contributed by atoms with Gasteiger partial charge in [0.05, 0.1) is 16.9 Å². The van der Waals surface area contributed by atoms with E-state index < -0.39 is 5.60 Å². The number of pyridine rings is 1. The maximum absolute atomic E-state index is 12.3. The van der Waals surface area contributed by atoms with Crippen LogP contribution in [0.15, 0.2) is 22.8 Å². The van der Waals surface area contributed by atoms with Crippen molar-refractivity contribution in [3.8, 4) is 0 Å². The number of carbonyl (C=O) groups excluding carboxylic acids is 1. The summed E-state index contributed by atoms with van der Waals surface area (Å²) in [7, 11) is 1.71. The standard InChI is InChI=1S/C15H20BrN3O2/c1-6-11-13(18(5)14(20)21-15(2,3)4)12-9-10(16)7-8-19(12)17-11/h7-9H,6H2,1-5H3. The number of rotatable bonds is 2. The first-order valence-corrected chi connectivity index (χ1v) is 7.65. The first-order chi connectivity index (χ1) is 9.73. The SMILES string of the molecule is CCc1nn2ccc(Br)cc2c1N(C)C(=O)OC(C)(C)C. The highest BCUT2D eigenvalue weighted by Crippen LogP contribution is 2.29. The number of halogens is 1. The van der Waals surface area contributed by atoms with Gasteiger partial charge in [0.1, 0.15) is 5.60 Å². The number of ether oxygens (including phenoxy) is 1. The van der Waals surface area contributed by atoms with Crippen LogP contribution in [-0.4, -0.2) is 28.4 Å². The molecule has 6 heteroatoms. The van der Waals surface area contributed by atoms with Crippen molar-refractivity contribution in [1.82, 2.24) is 9.61 Å². The van der Waals surface area contributed by atoms with E-state index in [1.807, 2.05) is 46.0 Å².